The van der Waals surface area contributed by atoms with E-state index in [1.807, 2.05) is 0 Å². The Bertz CT molecular complexity index is 491. The van der Waals surface area contributed by atoms with Gasteiger partial charge in [0.2, 0.25) is 0 Å². The molecule has 11 heteroatoms. The Kier molecular flexibility index (Phi) is 4.19. The SMILES string of the molecule is O=[N+]([O-])c1cc(OC(F)(F)F)c(CO)nc1C(F)F. The summed E-state index contributed by atoms with van der Waals surface area (Å²) in [6.45, 7) is -1.15. The molecule has 0 amide bonds. The van der Waals surface area contributed by atoms with Gasteiger partial charge in [-0.2, -0.15) is 0 Å². The van der Waals surface area contributed by atoms with Gasteiger partial charge in [0.1, 0.15) is 5.69 Å². The first kappa shape index (κ1) is 15.0. The summed E-state index contributed by atoms with van der Waals surface area (Å²) < 4.78 is 64.3. The van der Waals surface area contributed by atoms with Crippen LogP contribution in [0.5, 0.6) is 5.75 Å². The second kappa shape index (κ2) is 5.30. The second-order valence-corrected chi connectivity index (χ2v) is 3.10. The van der Waals surface area contributed by atoms with E-state index in [9.17, 15) is 32.1 Å². The highest BCUT2D eigenvalue weighted by Gasteiger charge is 2.35. The zero-order chi connectivity index (χ0) is 14.8. The number of aliphatic hydroxyl groups excluding tert-OH is 1. The van der Waals surface area contributed by atoms with Crippen LogP contribution in [0.4, 0.5) is 27.6 Å². The van der Waals surface area contributed by atoms with Crippen molar-refractivity contribution >= 4 is 5.69 Å². The first-order valence-electron chi connectivity index (χ1n) is 4.48. The molecule has 0 saturated carbocycles. The minimum atomic E-state index is -5.20. The summed E-state index contributed by atoms with van der Waals surface area (Å²) in [7, 11) is 0. The van der Waals surface area contributed by atoms with Gasteiger partial charge in [-0.15, -0.1) is 13.2 Å². The fraction of sp³-hybridized carbons (Fsp3) is 0.375. The summed E-state index contributed by atoms with van der Waals surface area (Å²) in [5.41, 5.74) is -3.55. The minimum Gasteiger partial charge on any atom is -0.403 e. The van der Waals surface area contributed by atoms with Crippen LogP contribution in [0.1, 0.15) is 17.8 Å². The lowest BCUT2D eigenvalue weighted by molar-refractivity contribution is -0.386. The van der Waals surface area contributed by atoms with Crippen molar-refractivity contribution in [2.45, 2.75) is 19.4 Å². The van der Waals surface area contributed by atoms with Crippen molar-refractivity contribution in [2.75, 3.05) is 0 Å². The molecule has 0 fully saturated rings. The molecule has 0 radical (unpaired) electrons. The average Bonchev–Trinajstić information content (AvgIpc) is 2.25. The molecule has 0 aliphatic rings. The summed E-state index contributed by atoms with van der Waals surface area (Å²) in [6, 6.07) is 0.146. The van der Waals surface area contributed by atoms with Crippen molar-refractivity contribution in [3.8, 4) is 5.75 Å². The Morgan fingerprint density at radius 3 is 2.42 bits per heavy atom. The van der Waals surface area contributed by atoms with Crippen LogP contribution in [0.25, 0.3) is 0 Å². The Hall–Kier alpha value is -2.04. The summed E-state index contributed by atoms with van der Waals surface area (Å²) in [6.07, 6.45) is -8.59. The standard InChI is InChI=1S/C8H5F5N2O4/c9-7(10)6-4(15(17)18)1-5(3(2-16)14-6)19-8(11,12)13/h1,7,16H,2H2. The Balaban J connectivity index is 3.40. The highest BCUT2D eigenvalue weighted by Crippen LogP contribution is 2.34. The van der Waals surface area contributed by atoms with Crippen LogP contribution in [0, 0.1) is 10.1 Å². The van der Waals surface area contributed by atoms with Crippen LogP contribution in [-0.4, -0.2) is 21.4 Å². The van der Waals surface area contributed by atoms with E-state index < -0.39 is 47.1 Å². The summed E-state index contributed by atoms with van der Waals surface area (Å²) in [5.74, 6) is -1.20. The molecule has 1 heterocycles. The molecule has 0 saturated heterocycles. The lowest BCUT2D eigenvalue weighted by Crippen LogP contribution is -2.19. The number of nitro groups is 1. The molecule has 0 unspecified atom stereocenters. The van der Waals surface area contributed by atoms with E-state index in [0.29, 0.717) is 0 Å². The van der Waals surface area contributed by atoms with Gasteiger partial charge >= 0.3 is 6.36 Å². The van der Waals surface area contributed by atoms with Crippen molar-refractivity contribution in [2.24, 2.45) is 0 Å². The van der Waals surface area contributed by atoms with E-state index in [1.54, 1.807) is 0 Å². The van der Waals surface area contributed by atoms with Gasteiger partial charge < -0.3 is 9.84 Å². The van der Waals surface area contributed by atoms with Crippen molar-refractivity contribution in [3.05, 3.63) is 27.6 Å². The molecular formula is C8H5F5N2O4. The highest BCUT2D eigenvalue weighted by molar-refractivity contribution is 5.45. The van der Waals surface area contributed by atoms with Gasteiger partial charge in [0.15, 0.2) is 11.4 Å². The van der Waals surface area contributed by atoms with E-state index in [4.69, 9.17) is 5.11 Å². The number of halogens is 5. The molecule has 106 valence electrons. The monoisotopic (exact) mass is 288 g/mol. The number of hydrogen-bond acceptors (Lipinski definition) is 5. The predicted octanol–water partition coefficient (Wildman–Crippen LogP) is 2.32. The van der Waals surface area contributed by atoms with Gasteiger partial charge in [0, 0.05) is 0 Å². The predicted molar refractivity (Wildman–Crippen MR) is 48.5 cm³/mol. The van der Waals surface area contributed by atoms with E-state index in [2.05, 4.69) is 9.72 Å². The maximum atomic E-state index is 12.5. The maximum Gasteiger partial charge on any atom is 0.573 e. The summed E-state index contributed by atoms with van der Waals surface area (Å²) in [5, 5.41) is 19.2. The number of nitrogens with zero attached hydrogens (tertiary/aromatic N) is 2. The van der Waals surface area contributed by atoms with Crippen LogP contribution in [0.2, 0.25) is 0 Å². The van der Waals surface area contributed by atoms with Crippen LogP contribution >= 0.6 is 0 Å². The Labute approximate surface area is 101 Å². The molecule has 6 nitrogen and oxygen atoms in total. The van der Waals surface area contributed by atoms with Crippen molar-refractivity contribution in [1.82, 2.24) is 4.98 Å². The van der Waals surface area contributed by atoms with Crippen LogP contribution in [0.3, 0.4) is 0 Å². The molecule has 0 atom stereocenters. The van der Waals surface area contributed by atoms with Crippen LogP contribution in [0.15, 0.2) is 6.07 Å². The third-order valence-corrected chi connectivity index (χ3v) is 1.85. The normalized spacial score (nSPS) is 11.7. The Morgan fingerprint density at radius 1 is 1.47 bits per heavy atom. The van der Waals surface area contributed by atoms with Gasteiger partial charge in [-0.1, -0.05) is 0 Å². The lowest BCUT2D eigenvalue weighted by atomic mass is 10.2. The second-order valence-electron chi connectivity index (χ2n) is 3.10. The van der Waals surface area contributed by atoms with Crippen molar-refractivity contribution < 1.29 is 36.7 Å². The van der Waals surface area contributed by atoms with Gasteiger partial charge in [0.25, 0.3) is 12.1 Å². The first-order valence-corrected chi connectivity index (χ1v) is 4.48. The topological polar surface area (TPSA) is 85.5 Å². The highest BCUT2D eigenvalue weighted by atomic mass is 19.4. The number of pyridine rings is 1. The number of rotatable bonds is 4. The smallest absolute Gasteiger partial charge is 0.403 e. The molecular weight excluding hydrogens is 283 g/mol. The zero-order valence-corrected chi connectivity index (χ0v) is 8.82. The average molecular weight is 288 g/mol. The maximum absolute atomic E-state index is 12.5. The van der Waals surface area contributed by atoms with Gasteiger partial charge in [-0.25, -0.2) is 13.8 Å². The van der Waals surface area contributed by atoms with Gasteiger partial charge in [-0.3, -0.25) is 10.1 Å². The first-order chi connectivity index (χ1) is 8.65. The number of hydrogen-bond donors (Lipinski definition) is 1. The fourth-order valence-corrected chi connectivity index (χ4v) is 1.17. The molecule has 0 spiro atoms. The number of ether oxygens (including phenoxy) is 1. The fourth-order valence-electron chi connectivity index (χ4n) is 1.17. The summed E-state index contributed by atoms with van der Waals surface area (Å²) in [4.78, 5) is 12.1. The van der Waals surface area contributed by atoms with Crippen molar-refractivity contribution in [1.29, 1.82) is 0 Å². The Morgan fingerprint density at radius 2 is 2.05 bits per heavy atom. The molecule has 19 heavy (non-hydrogen) atoms. The van der Waals surface area contributed by atoms with Crippen LogP contribution in [-0.2, 0) is 6.61 Å². The zero-order valence-electron chi connectivity index (χ0n) is 8.82. The molecule has 1 N–H and O–H groups in total. The summed E-state index contributed by atoms with van der Waals surface area (Å²) >= 11 is 0. The molecule has 0 aromatic carbocycles. The lowest BCUT2D eigenvalue weighted by Gasteiger charge is -2.12. The quantitative estimate of drug-likeness (QED) is 0.522. The number of alkyl halides is 5. The number of aliphatic hydroxyl groups is 1. The third-order valence-electron chi connectivity index (χ3n) is 1.85. The van der Waals surface area contributed by atoms with E-state index in [1.165, 1.54) is 0 Å². The number of aromatic nitrogens is 1. The molecule has 1 rings (SSSR count). The van der Waals surface area contributed by atoms with Crippen molar-refractivity contribution in [3.63, 3.8) is 0 Å². The largest absolute Gasteiger partial charge is 0.573 e. The van der Waals surface area contributed by atoms with E-state index in [0.717, 1.165) is 0 Å². The molecule has 0 aliphatic heterocycles. The van der Waals surface area contributed by atoms with Gasteiger partial charge in [0.05, 0.1) is 17.6 Å². The molecule has 0 aliphatic carbocycles. The molecule has 1 aromatic heterocycles. The van der Waals surface area contributed by atoms with Gasteiger partial charge in [-0.05, 0) is 0 Å². The molecule has 1 aromatic rings. The van der Waals surface area contributed by atoms with Crippen LogP contribution < -0.4 is 4.74 Å². The molecule has 0 bridgehead atoms. The third kappa shape index (κ3) is 3.71. The minimum absolute atomic E-state index is 0.146. The van der Waals surface area contributed by atoms with E-state index >= 15 is 0 Å². The van der Waals surface area contributed by atoms with E-state index in [-0.39, 0.29) is 6.07 Å².